The zero-order valence-corrected chi connectivity index (χ0v) is 14.9. The summed E-state index contributed by atoms with van der Waals surface area (Å²) >= 11 is 1.72. The molecule has 3 rings (SSSR count). The first-order valence-electron chi connectivity index (χ1n) is 7.77. The zero-order valence-electron chi connectivity index (χ0n) is 14.1. The molecular formula is C20H22N2S. The largest absolute Gasteiger partial charge is 0.347 e. The Morgan fingerprint density at radius 3 is 2.48 bits per heavy atom. The maximum absolute atomic E-state index is 4.65. The maximum atomic E-state index is 4.65. The van der Waals surface area contributed by atoms with E-state index in [4.69, 9.17) is 0 Å². The maximum Gasteiger partial charge on any atom is 0.0765 e. The van der Waals surface area contributed by atoms with Gasteiger partial charge in [-0.05, 0) is 36.1 Å². The summed E-state index contributed by atoms with van der Waals surface area (Å²) in [5, 5.41) is 0. The summed E-state index contributed by atoms with van der Waals surface area (Å²) < 4.78 is 0. The van der Waals surface area contributed by atoms with Crippen molar-refractivity contribution in [2.24, 2.45) is 4.99 Å². The Hall–Kier alpha value is -2.00. The van der Waals surface area contributed by atoms with Crippen molar-refractivity contribution in [3.8, 4) is 0 Å². The first kappa shape index (κ1) is 15.9. The number of hydrogen-bond acceptors (Lipinski definition) is 3. The van der Waals surface area contributed by atoms with Crippen LogP contribution in [-0.2, 0) is 5.41 Å². The summed E-state index contributed by atoms with van der Waals surface area (Å²) in [7, 11) is 2.13. The smallest absolute Gasteiger partial charge is 0.0765 e. The van der Waals surface area contributed by atoms with Crippen LogP contribution in [0.3, 0.4) is 0 Å². The van der Waals surface area contributed by atoms with Gasteiger partial charge in [0.25, 0.3) is 0 Å². The topological polar surface area (TPSA) is 15.6 Å². The molecule has 2 aromatic rings. The van der Waals surface area contributed by atoms with Gasteiger partial charge in [0.2, 0.25) is 0 Å². The molecule has 0 N–H and O–H groups in total. The van der Waals surface area contributed by atoms with Crippen molar-refractivity contribution < 1.29 is 0 Å². The van der Waals surface area contributed by atoms with Gasteiger partial charge in [0.05, 0.1) is 5.69 Å². The fourth-order valence-corrected chi connectivity index (χ4v) is 3.77. The van der Waals surface area contributed by atoms with Crippen LogP contribution in [0, 0.1) is 0 Å². The Morgan fingerprint density at radius 1 is 1.04 bits per heavy atom. The Morgan fingerprint density at radius 2 is 1.74 bits per heavy atom. The lowest BCUT2D eigenvalue weighted by Crippen LogP contribution is -2.23. The van der Waals surface area contributed by atoms with Crippen LogP contribution in [-0.4, -0.2) is 19.5 Å². The molecule has 1 heterocycles. The van der Waals surface area contributed by atoms with E-state index in [1.807, 2.05) is 18.3 Å². The van der Waals surface area contributed by atoms with Crippen molar-refractivity contribution in [1.82, 2.24) is 0 Å². The van der Waals surface area contributed by atoms with Gasteiger partial charge in [-0.1, -0.05) is 44.2 Å². The van der Waals surface area contributed by atoms with Gasteiger partial charge in [-0.3, -0.25) is 4.99 Å². The highest BCUT2D eigenvalue weighted by Gasteiger charge is 2.37. The predicted octanol–water partition coefficient (Wildman–Crippen LogP) is 5.42. The first-order valence-corrected chi connectivity index (χ1v) is 8.99. The lowest BCUT2D eigenvalue weighted by Gasteiger charge is -2.23. The number of anilines is 1. The highest BCUT2D eigenvalue weighted by molar-refractivity contribution is 7.98. The van der Waals surface area contributed by atoms with Crippen LogP contribution in [0.25, 0.3) is 0 Å². The van der Waals surface area contributed by atoms with E-state index in [1.54, 1.807) is 11.8 Å². The van der Waals surface area contributed by atoms with Crippen molar-refractivity contribution >= 4 is 29.4 Å². The van der Waals surface area contributed by atoms with Gasteiger partial charge in [-0.15, -0.1) is 11.8 Å². The molecule has 3 heteroatoms. The molecule has 0 amide bonds. The number of hydrogen-bond donors (Lipinski definition) is 0. The van der Waals surface area contributed by atoms with Crippen molar-refractivity contribution in [3.05, 3.63) is 65.9 Å². The van der Waals surface area contributed by atoms with Crippen LogP contribution < -0.4 is 4.90 Å². The Balaban J connectivity index is 1.93. The van der Waals surface area contributed by atoms with E-state index in [0.717, 1.165) is 5.69 Å². The van der Waals surface area contributed by atoms with Gasteiger partial charge >= 0.3 is 0 Å². The van der Waals surface area contributed by atoms with Gasteiger partial charge in [0.15, 0.2) is 0 Å². The number of allylic oxidation sites excluding steroid dienone is 2. The molecule has 0 aliphatic carbocycles. The van der Waals surface area contributed by atoms with Gasteiger partial charge < -0.3 is 4.90 Å². The third-order valence-electron chi connectivity index (χ3n) is 4.47. The SMILES string of the molecule is CSc1ccccc1N=CC=C1N(C)c2ccccc2C1(C)C. The second-order valence-corrected chi connectivity index (χ2v) is 7.05. The number of rotatable bonds is 3. The third kappa shape index (κ3) is 2.81. The lowest BCUT2D eigenvalue weighted by molar-refractivity contribution is 0.641. The van der Waals surface area contributed by atoms with Crippen LogP contribution in [0.15, 0.2) is 70.2 Å². The molecule has 0 unspecified atom stereocenters. The number of para-hydroxylation sites is 2. The molecule has 2 nitrogen and oxygen atoms in total. The molecule has 0 saturated heterocycles. The number of fused-ring (bicyclic) bond motifs is 1. The quantitative estimate of drug-likeness (QED) is 0.553. The third-order valence-corrected chi connectivity index (χ3v) is 5.26. The second kappa shape index (κ2) is 6.25. The molecule has 0 aromatic heterocycles. The standard InChI is InChI=1S/C20H22N2S/c1-20(2)15-9-5-7-11-17(15)22(3)19(20)13-14-21-16-10-6-8-12-18(16)23-4/h5-14H,1-4H3. The monoisotopic (exact) mass is 322 g/mol. The molecule has 0 spiro atoms. The van der Waals surface area contributed by atoms with Gasteiger partial charge in [-0.2, -0.15) is 0 Å². The molecule has 1 aliphatic heterocycles. The minimum Gasteiger partial charge on any atom is -0.347 e. The Kier molecular flexibility index (Phi) is 4.31. The van der Waals surface area contributed by atoms with E-state index in [9.17, 15) is 0 Å². The second-order valence-electron chi connectivity index (χ2n) is 6.20. The first-order chi connectivity index (χ1) is 11.1. The van der Waals surface area contributed by atoms with E-state index < -0.39 is 0 Å². The number of benzene rings is 2. The van der Waals surface area contributed by atoms with E-state index in [2.05, 4.69) is 79.5 Å². The zero-order chi connectivity index (χ0) is 16.4. The Labute approximate surface area is 142 Å². The number of nitrogens with zero attached hydrogens (tertiary/aromatic N) is 2. The summed E-state index contributed by atoms with van der Waals surface area (Å²) in [6, 6.07) is 16.8. The van der Waals surface area contributed by atoms with Crippen molar-refractivity contribution in [2.75, 3.05) is 18.2 Å². The summed E-state index contributed by atoms with van der Waals surface area (Å²) in [5.74, 6) is 0. The van der Waals surface area contributed by atoms with Gasteiger partial charge in [-0.25, -0.2) is 0 Å². The molecular weight excluding hydrogens is 300 g/mol. The van der Waals surface area contributed by atoms with Gasteiger partial charge in [0.1, 0.15) is 0 Å². The molecule has 118 valence electrons. The lowest BCUT2D eigenvalue weighted by atomic mass is 9.84. The molecule has 1 aliphatic rings. The van der Waals surface area contributed by atoms with Gasteiger partial charge in [0, 0.05) is 35.0 Å². The van der Waals surface area contributed by atoms with Crippen molar-refractivity contribution in [1.29, 1.82) is 0 Å². The molecule has 2 aromatic carbocycles. The average Bonchev–Trinajstić information content (AvgIpc) is 2.76. The summed E-state index contributed by atoms with van der Waals surface area (Å²) in [6.07, 6.45) is 6.14. The highest BCUT2D eigenvalue weighted by Crippen LogP contribution is 2.46. The highest BCUT2D eigenvalue weighted by atomic mass is 32.2. The molecule has 0 radical (unpaired) electrons. The minimum absolute atomic E-state index is 0.00358. The summed E-state index contributed by atoms with van der Waals surface area (Å²) in [4.78, 5) is 8.12. The van der Waals surface area contributed by atoms with E-state index >= 15 is 0 Å². The molecule has 0 fully saturated rings. The van der Waals surface area contributed by atoms with E-state index in [-0.39, 0.29) is 5.41 Å². The number of aliphatic imine (C=N–C) groups is 1. The molecule has 0 bridgehead atoms. The Bertz CT molecular complexity index is 775. The average molecular weight is 322 g/mol. The van der Waals surface area contributed by atoms with Crippen LogP contribution in [0.2, 0.25) is 0 Å². The number of thioether (sulfide) groups is 1. The fourth-order valence-electron chi connectivity index (χ4n) is 3.23. The van der Waals surface area contributed by atoms with Crippen LogP contribution in [0.4, 0.5) is 11.4 Å². The van der Waals surface area contributed by atoms with E-state index in [0.29, 0.717) is 0 Å². The minimum atomic E-state index is -0.00358. The summed E-state index contributed by atoms with van der Waals surface area (Å²) in [6.45, 7) is 4.54. The van der Waals surface area contributed by atoms with Crippen molar-refractivity contribution in [3.63, 3.8) is 0 Å². The van der Waals surface area contributed by atoms with Crippen LogP contribution >= 0.6 is 11.8 Å². The van der Waals surface area contributed by atoms with E-state index in [1.165, 1.54) is 21.8 Å². The summed E-state index contributed by atoms with van der Waals surface area (Å²) in [5.41, 5.74) is 4.93. The molecule has 0 atom stereocenters. The van der Waals surface area contributed by atoms with Crippen LogP contribution in [0.5, 0.6) is 0 Å². The number of likely N-dealkylation sites (N-methyl/N-ethyl adjacent to an activating group) is 1. The normalized spacial score (nSPS) is 17.9. The predicted molar refractivity (Wildman–Crippen MR) is 102 cm³/mol. The van der Waals surface area contributed by atoms with Crippen molar-refractivity contribution in [2.45, 2.75) is 24.2 Å². The van der Waals surface area contributed by atoms with Crippen LogP contribution in [0.1, 0.15) is 19.4 Å². The molecule has 0 saturated carbocycles. The molecule has 23 heavy (non-hydrogen) atoms. The fraction of sp³-hybridized carbons (Fsp3) is 0.250.